The third kappa shape index (κ3) is 4.99. The van der Waals surface area contributed by atoms with Crippen molar-refractivity contribution in [3.05, 3.63) is 30.1 Å². The molecule has 2 N–H and O–H groups in total. The van der Waals surface area contributed by atoms with Crippen LogP contribution in [0.25, 0.3) is 0 Å². The van der Waals surface area contributed by atoms with E-state index in [-0.39, 0.29) is 11.8 Å². The van der Waals surface area contributed by atoms with Gasteiger partial charge in [0.25, 0.3) is 0 Å². The van der Waals surface area contributed by atoms with Crippen LogP contribution in [0.3, 0.4) is 0 Å². The highest BCUT2D eigenvalue weighted by atomic mass is 16.2. The number of carbonyl (C=O) groups is 1. The van der Waals surface area contributed by atoms with Crippen LogP contribution in [0.4, 0.5) is 0 Å². The molecule has 0 aliphatic rings. The summed E-state index contributed by atoms with van der Waals surface area (Å²) in [7, 11) is 0. The van der Waals surface area contributed by atoms with Gasteiger partial charge in [-0.05, 0) is 37.0 Å². The van der Waals surface area contributed by atoms with Crippen molar-refractivity contribution in [1.82, 2.24) is 9.88 Å². The van der Waals surface area contributed by atoms with Gasteiger partial charge in [-0.3, -0.25) is 9.78 Å². The van der Waals surface area contributed by atoms with Gasteiger partial charge in [0.15, 0.2) is 0 Å². The van der Waals surface area contributed by atoms with Crippen molar-refractivity contribution in [1.29, 1.82) is 0 Å². The Balaban J connectivity index is 2.70. The van der Waals surface area contributed by atoms with Gasteiger partial charge in [-0.15, -0.1) is 0 Å². The van der Waals surface area contributed by atoms with Crippen LogP contribution in [0.5, 0.6) is 0 Å². The van der Waals surface area contributed by atoms with E-state index in [9.17, 15) is 4.79 Å². The first-order chi connectivity index (χ1) is 9.08. The average Bonchev–Trinajstić information content (AvgIpc) is 2.42. The molecule has 1 atom stereocenters. The zero-order valence-corrected chi connectivity index (χ0v) is 12.2. The summed E-state index contributed by atoms with van der Waals surface area (Å²) < 4.78 is 0. The number of carbonyl (C=O) groups excluding carboxylic acids is 1. The van der Waals surface area contributed by atoms with Crippen LogP contribution in [0.1, 0.15) is 32.8 Å². The third-order valence-corrected chi connectivity index (χ3v) is 3.21. The molecule has 0 aliphatic carbocycles. The smallest absolute Gasteiger partial charge is 0.227 e. The fourth-order valence-corrected chi connectivity index (χ4v) is 2.18. The molecule has 1 aromatic rings. The zero-order valence-electron chi connectivity index (χ0n) is 12.2. The maximum atomic E-state index is 12.5. The van der Waals surface area contributed by atoms with Crippen LogP contribution in [-0.4, -0.2) is 28.9 Å². The first kappa shape index (κ1) is 15.6. The van der Waals surface area contributed by atoms with Crippen LogP contribution < -0.4 is 5.73 Å². The van der Waals surface area contributed by atoms with Crippen LogP contribution in [0, 0.1) is 11.8 Å². The standard InChI is InChI=1S/C15H25N3O/c1-4-18(11-13-5-7-17-8-6-13)15(19)14(10-16)9-12(2)3/h5-8,12,14H,4,9-11,16H2,1-3H3. The van der Waals surface area contributed by atoms with Crippen LogP contribution in [-0.2, 0) is 11.3 Å². The highest BCUT2D eigenvalue weighted by Crippen LogP contribution is 2.15. The van der Waals surface area contributed by atoms with Crippen LogP contribution >= 0.6 is 0 Å². The van der Waals surface area contributed by atoms with E-state index >= 15 is 0 Å². The molecule has 0 saturated heterocycles. The molecule has 19 heavy (non-hydrogen) atoms. The van der Waals surface area contributed by atoms with Gasteiger partial charge in [0, 0.05) is 32.0 Å². The summed E-state index contributed by atoms with van der Waals surface area (Å²) in [6.07, 6.45) is 4.35. The fourth-order valence-electron chi connectivity index (χ4n) is 2.18. The highest BCUT2D eigenvalue weighted by molar-refractivity contribution is 5.79. The topological polar surface area (TPSA) is 59.2 Å². The van der Waals surface area contributed by atoms with Crippen molar-refractivity contribution in [3.8, 4) is 0 Å². The second-order valence-corrected chi connectivity index (χ2v) is 5.27. The van der Waals surface area contributed by atoms with Crippen LogP contribution in [0.15, 0.2) is 24.5 Å². The average molecular weight is 263 g/mol. The number of hydrogen-bond acceptors (Lipinski definition) is 3. The van der Waals surface area contributed by atoms with E-state index in [2.05, 4.69) is 18.8 Å². The fraction of sp³-hybridized carbons (Fsp3) is 0.600. The molecule has 106 valence electrons. The van der Waals surface area contributed by atoms with E-state index in [0.717, 1.165) is 12.0 Å². The van der Waals surface area contributed by atoms with Crippen molar-refractivity contribution < 1.29 is 4.79 Å². The summed E-state index contributed by atoms with van der Waals surface area (Å²) in [5.41, 5.74) is 6.85. The molecule has 0 fully saturated rings. The lowest BCUT2D eigenvalue weighted by Gasteiger charge is -2.26. The summed E-state index contributed by atoms with van der Waals surface area (Å²) in [5, 5.41) is 0. The molecular formula is C15H25N3O. The van der Waals surface area contributed by atoms with E-state index in [0.29, 0.717) is 25.6 Å². The van der Waals surface area contributed by atoms with Crippen molar-refractivity contribution >= 4 is 5.91 Å². The third-order valence-electron chi connectivity index (χ3n) is 3.21. The van der Waals surface area contributed by atoms with Gasteiger partial charge in [0.05, 0.1) is 5.92 Å². The largest absolute Gasteiger partial charge is 0.338 e. The first-order valence-corrected chi connectivity index (χ1v) is 6.96. The predicted octanol–water partition coefficient (Wildman–Crippen LogP) is 2.05. The molecule has 1 unspecified atom stereocenters. The van der Waals surface area contributed by atoms with Gasteiger partial charge in [0.1, 0.15) is 0 Å². The number of pyridine rings is 1. The number of nitrogens with zero attached hydrogens (tertiary/aromatic N) is 2. The minimum absolute atomic E-state index is 0.0678. The van der Waals surface area contributed by atoms with E-state index in [4.69, 9.17) is 5.73 Å². The molecular weight excluding hydrogens is 238 g/mol. The molecule has 1 aromatic heterocycles. The van der Waals surface area contributed by atoms with Gasteiger partial charge < -0.3 is 10.6 Å². The minimum Gasteiger partial charge on any atom is -0.338 e. The van der Waals surface area contributed by atoms with Crippen molar-refractivity contribution in [2.45, 2.75) is 33.7 Å². The number of rotatable bonds is 7. The number of aromatic nitrogens is 1. The van der Waals surface area contributed by atoms with Gasteiger partial charge >= 0.3 is 0 Å². The Morgan fingerprint density at radius 3 is 2.47 bits per heavy atom. The Morgan fingerprint density at radius 2 is 2.00 bits per heavy atom. The Labute approximate surface area is 116 Å². The first-order valence-electron chi connectivity index (χ1n) is 6.96. The summed E-state index contributed by atoms with van der Waals surface area (Å²) in [4.78, 5) is 18.3. The highest BCUT2D eigenvalue weighted by Gasteiger charge is 2.23. The summed E-state index contributed by atoms with van der Waals surface area (Å²) in [6.45, 7) is 8.00. The van der Waals surface area contributed by atoms with Gasteiger partial charge in [0.2, 0.25) is 5.91 Å². The molecule has 1 heterocycles. The van der Waals surface area contributed by atoms with E-state index in [1.54, 1.807) is 12.4 Å². The molecule has 1 rings (SSSR count). The lowest BCUT2D eigenvalue weighted by molar-refractivity contribution is -0.136. The SMILES string of the molecule is CCN(Cc1ccncc1)C(=O)C(CN)CC(C)C. The van der Waals surface area contributed by atoms with Gasteiger partial charge in [-0.25, -0.2) is 0 Å². The van der Waals surface area contributed by atoms with Gasteiger partial charge in [-0.2, -0.15) is 0 Å². The molecule has 4 heteroatoms. The lowest BCUT2D eigenvalue weighted by Crippen LogP contribution is -2.39. The molecule has 4 nitrogen and oxygen atoms in total. The normalized spacial score (nSPS) is 12.5. The van der Waals surface area contributed by atoms with E-state index in [1.165, 1.54) is 0 Å². The Bertz CT molecular complexity index is 378. The molecule has 0 saturated carbocycles. The minimum atomic E-state index is -0.0678. The molecule has 0 aromatic carbocycles. The van der Waals surface area contributed by atoms with Crippen molar-refractivity contribution in [3.63, 3.8) is 0 Å². The molecule has 0 spiro atoms. The predicted molar refractivity (Wildman–Crippen MR) is 77.3 cm³/mol. The monoisotopic (exact) mass is 263 g/mol. The maximum absolute atomic E-state index is 12.5. The van der Waals surface area contributed by atoms with Crippen molar-refractivity contribution in [2.75, 3.05) is 13.1 Å². The van der Waals surface area contributed by atoms with E-state index < -0.39 is 0 Å². The number of amides is 1. The van der Waals surface area contributed by atoms with Gasteiger partial charge in [-0.1, -0.05) is 13.8 Å². The van der Waals surface area contributed by atoms with Crippen molar-refractivity contribution in [2.24, 2.45) is 17.6 Å². The number of hydrogen-bond donors (Lipinski definition) is 1. The zero-order chi connectivity index (χ0) is 14.3. The second-order valence-electron chi connectivity index (χ2n) is 5.27. The lowest BCUT2D eigenvalue weighted by atomic mass is 9.95. The molecule has 0 radical (unpaired) electrons. The maximum Gasteiger partial charge on any atom is 0.227 e. The summed E-state index contributed by atoms with van der Waals surface area (Å²) in [5.74, 6) is 0.578. The quantitative estimate of drug-likeness (QED) is 0.819. The second kappa shape index (κ2) is 7.89. The molecule has 0 aliphatic heterocycles. The number of nitrogens with two attached hydrogens (primary N) is 1. The Kier molecular flexibility index (Phi) is 6.50. The molecule has 1 amide bonds. The Hall–Kier alpha value is -1.42. The molecule has 0 bridgehead atoms. The Morgan fingerprint density at radius 1 is 1.37 bits per heavy atom. The summed E-state index contributed by atoms with van der Waals surface area (Å²) >= 11 is 0. The van der Waals surface area contributed by atoms with Crippen LogP contribution in [0.2, 0.25) is 0 Å². The van der Waals surface area contributed by atoms with E-state index in [1.807, 2.05) is 24.0 Å². The summed E-state index contributed by atoms with van der Waals surface area (Å²) in [6, 6.07) is 3.88.